The first-order valence-electron chi connectivity index (χ1n) is 10.5. The van der Waals surface area contributed by atoms with Crippen LogP contribution in [0.1, 0.15) is 84.9 Å². The molecule has 2 aromatic heterocycles. The molecule has 0 bridgehead atoms. The van der Waals surface area contributed by atoms with E-state index in [1.165, 1.54) is 11.8 Å². The van der Waals surface area contributed by atoms with E-state index in [2.05, 4.69) is 15.5 Å². The lowest BCUT2D eigenvalue weighted by molar-refractivity contribution is -0.113. The topological polar surface area (TPSA) is 112 Å². The number of nitrogens with zero attached hydrogens (tertiary/aromatic N) is 3. The van der Waals surface area contributed by atoms with E-state index in [-0.39, 0.29) is 52.3 Å². The Morgan fingerprint density at radius 3 is 2.25 bits per heavy atom. The van der Waals surface area contributed by atoms with Gasteiger partial charge in [-0.15, -0.1) is 21.5 Å². The summed E-state index contributed by atoms with van der Waals surface area (Å²) in [6, 6.07) is 0.149. The van der Waals surface area contributed by atoms with Crippen molar-refractivity contribution < 1.29 is 23.9 Å². The minimum atomic E-state index is -0.596. The summed E-state index contributed by atoms with van der Waals surface area (Å²) < 4.78 is 12.2. The van der Waals surface area contributed by atoms with Gasteiger partial charge in [-0.3, -0.25) is 4.79 Å². The van der Waals surface area contributed by atoms with Crippen molar-refractivity contribution in [2.24, 2.45) is 0 Å². The van der Waals surface area contributed by atoms with E-state index in [1.54, 1.807) is 20.8 Å². The number of hydrogen-bond donors (Lipinski definition) is 1. The summed E-state index contributed by atoms with van der Waals surface area (Å²) in [4.78, 5) is 37.7. The average molecular weight is 483 g/mol. The van der Waals surface area contributed by atoms with Crippen LogP contribution in [-0.2, 0) is 14.3 Å². The summed E-state index contributed by atoms with van der Waals surface area (Å²) >= 11 is 2.27. The highest BCUT2D eigenvalue weighted by molar-refractivity contribution is 7.99. The van der Waals surface area contributed by atoms with Gasteiger partial charge in [0.1, 0.15) is 15.7 Å². The van der Waals surface area contributed by atoms with Crippen LogP contribution in [0.4, 0.5) is 5.00 Å². The summed E-state index contributed by atoms with van der Waals surface area (Å²) in [6.45, 7) is 13.6. The second-order valence-corrected chi connectivity index (χ2v) is 9.46. The first kappa shape index (κ1) is 25.9. The number of ether oxygens (including phenoxy) is 2. The fourth-order valence-corrected chi connectivity index (χ4v) is 4.98. The zero-order valence-electron chi connectivity index (χ0n) is 19.5. The van der Waals surface area contributed by atoms with E-state index in [0.29, 0.717) is 10.7 Å². The molecule has 9 nitrogen and oxygen atoms in total. The first-order chi connectivity index (χ1) is 15.1. The van der Waals surface area contributed by atoms with E-state index in [1.807, 2.05) is 32.3 Å². The van der Waals surface area contributed by atoms with Gasteiger partial charge in [-0.2, -0.15) is 0 Å². The van der Waals surface area contributed by atoms with Crippen molar-refractivity contribution in [1.82, 2.24) is 14.8 Å². The normalized spacial score (nSPS) is 11.2. The van der Waals surface area contributed by atoms with Crippen molar-refractivity contribution in [3.8, 4) is 0 Å². The fraction of sp³-hybridized carbons (Fsp3) is 0.571. The Morgan fingerprint density at radius 1 is 1.06 bits per heavy atom. The van der Waals surface area contributed by atoms with E-state index in [9.17, 15) is 14.4 Å². The lowest BCUT2D eigenvalue weighted by Crippen LogP contribution is -2.17. The molecule has 0 spiro atoms. The number of thiophene rings is 1. The van der Waals surface area contributed by atoms with E-state index >= 15 is 0 Å². The molecule has 176 valence electrons. The molecule has 0 fully saturated rings. The van der Waals surface area contributed by atoms with Gasteiger partial charge in [-0.05, 0) is 40.2 Å². The lowest BCUT2D eigenvalue weighted by Gasteiger charge is -2.15. The molecule has 0 aliphatic carbocycles. The number of hydrogen-bond acceptors (Lipinski definition) is 9. The largest absolute Gasteiger partial charge is 0.462 e. The summed E-state index contributed by atoms with van der Waals surface area (Å²) in [5.74, 6) is -0.336. The number of aromatic nitrogens is 3. The molecule has 0 aliphatic heterocycles. The highest BCUT2D eigenvalue weighted by Crippen LogP contribution is 2.34. The molecule has 0 aromatic carbocycles. The van der Waals surface area contributed by atoms with Crippen LogP contribution in [0.3, 0.4) is 0 Å². The number of amides is 1. The maximum atomic E-state index is 12.7. The van der Waals surface area contributed by atoms with Crippen LogP contribution in [0.15, 0.2) is 5.16 Å². The standard InChI is InChI=1S/C21H30N4O5S2/c1-8-29-19(27)15-13(7)16(20(28)30-9-2)32-18(15)22-14(26)10-31-21-24-23-17(11(3)4)25(21)12(5)6/h11-12H,8-10H2,1-7H3,(H,22,26). The van der Waals surface area contributed by atoms with E-state index in [0.717, 1.165) is 17.2 Å². The van der Waals surface area contributed by atoms with Crippen molar-refractivity contribution in [3.05, 3.63) is 21.8 Å². The van der Waals surface area contributed by atoms with Gasteiger partial charge in [0.15, 0.2) is 5.16 Å². The first-order valence-corrected chi connectivity index (χ1v) is 12.3. The molecule has 2 heterocycles. The Bertz CT molecular complexity index is 981. The number of carbonyl (C=O) groups excluding carboxylic acids is 3. The van der Waals surface area contributed by atoms with Crippen molar-refractivity contribution >= 4 is 45.9 Å². The molecule has 2 aromatic rings. The Kier molecular flexibility index (Phi) is 9.26. The monoisotopic (exact) mass is 482 g/mol. The number of esters is 2. The highest BCUT2D eigenvalue weighted by atomic mass is 32.2. The summed E-state index contributed by atoms with van der Waals surface area (Å²) in [7, 11) is 0. The molecule has 1 amide bonds. The molecule has 0 saturated carbocycles. The van der Waals surface area contributed by atoms with Crippen molar-refractivity contribution in [2.45, 2.75) is 65.6 Å². The Morgan fingerprint density at radius 2 is 1.69 bits per heavy atom. The minimum absolute atomic E-state index is 0.0664. The zero-order chi connectivity index (χ0) is 24.0. The average Bonchev–Trinajstić information content (AvgIpc) is 3.28. The molecule has 0 aliphatic rings. The maximum absolute atomic E-state index is 12.7. The van der Waals surface area contributed by atoms with Crippen molar-refractivity contribution in [2.75, 3.05) is 24.3 Å². The third kappa shape index (κ3) is 5.89. The van der Waals surface area contributed by atoms with Crippen LogP contribution in [0, 0.1) is 6.92 Å². The van der Waals surface area contributed by atoms with Gasteiger partial charge in [0.25, 0.3) is 0 Å². The predicted octanol–water partition coefficient (Wildman–Crippen LogP) is 4.44. The fourth-order valence-electron chi connectivity index (χ4n) is 3.00. The van der Waals surface area contributed by atoms with E-state index < -0.39 is 11.9 Å². The second-order valence-electron chi connectivity index (χ2n) is 7.50. The minimum Gasteiger partial charge on any atom is -0.462 e. The number of rotatable bonds is 10. The molecule has 0 atom stereocenters. The molecule has 0 saturated heterocycles. The number of thioether (sulfide) groups is 1. The summed E-state index contributed by atoms with van der Waals surface area (Å²) in [6.07, 6.45) is 0. The van der Waals surface area contributed by atoms with Gasteiger partial charge < -0.3 is 19.4 Å². The quantitative estimate of drug-likeness (QED) is 0.391. The van der Waals surface area contributed by atoms with Crippen LogP contribution >= 0.6 is 23.1 Å². The highest BCUT2D eigenvalue weighted by Gasteiger charge is 2.27. The van der Waals surface area contributed by atoms with Gasteiger partial charge >= 0.3 is 11.9 Å². The predicted molar refractivity (Wildman–Crippen MR) is 125 cm³/mol. The molecule has 1 N–H and O–H groups in total. The number of nitrogens with one attached hydrogen (secondary N) is 1. The molecular weight excluding hydrogens is 452 g/mol. The lowest BCUT2D eigenvalue weighted by atomic mass is 10.1. The van der Waals surface area contributed by atoms with E-state index in [4.69, 9.17) is 9.47 Å². The third-order valence-electron chi connectivity index (χ3n) is 4.40. The Balaban J connectivity index is 2.23. The number of anilines is 1. The van der Waals surface area contributed by atoms with Crippen molar-refractivity contribution in [1.29, 1.82) is 0 Å². The smallest absolute Gasteiger partial charge is 0.348 e. The van der Waals surface area contributed by atoms with Crippen LogP contribution in [0.2, 0.25) is 0 Å². The summed E-state index contributed by atoms with van der Waals surface area (Å²) in [5, 5.41) is 12.2. The van der Waals surface area contributed by atoms with Crippen LogP contribution < -0.4 is 5.32 Å². The Labute approximate surface area is 196 Å². The van der Waals surface area contributed by atoms with Gasteiger partial charge in [-0.1, -0.05) is 25.6 Å². The third-order valence-corrected chi connectivity index (χ3v) is 6.53. The van der Waals surface area contributed by atoms with Crippen molar-refractivity contribution in [3.63, 3.8) is 0 Å². The zero-order valence-corrected chi connectivity index (χ0v) is 21.1. The van der Waals surface area contributed by atoms with Crippen LogP contribution in [-0.4, -0.2) is 51.6 Å². The molecule has 11 heteroatoms. The molecule has 0 radical (unpaired) electrons. The molecular formula is C21H30N4O5S2. The molecule has 2 rings (SSSR count). The van der Waals surface area contributed by atoms with Gasteiger partial charge in [0.05, 0.1) is 24.5 Å². The SMILES string of the molecule is CCOC(=O)c1sc(NC(=O)CSc2nnc(C(C)C)n2C(C)C)c(C(=O)OCC)c1C. The van der Waals surface area contributed by atoms with Crippen LogP contribution in [0.25, 0.3) is 0 Å². The second kappa shape index (κ2) is 11.5. The molecule has 32 heavy (non-hydrogen) atoms. The van der Waals surface area contributed by atoms with Gasteiger partial charge in [0.2, 0.25) is 5.91 Å². The maximum Gasteiger partial charge on any atom is 0.348 e. The van der Waals surface area contributed by atoms with Gasteiger partial charge in [0, 0.05) is 12.0 Å². The summed E-state index contributed by atoms with van der Waals surface area (Å²) in [5.41, 5.74) is 0.599. The Hall–Kier alpha value is -2.40. The van der Waals surface area contributed by atoms with Gasteiger partial charge in [-0.25, -0.2) is 9.59 Å². The molecule has 0 unspecified atom stereocenters. The number of carbonyl (C=O) groups is 3. The van der Waals surface area contributed by atoms with Crippen LogP contribution in [0.5, 0.6) is 0 Å².